The van der Waals surface area contributed by atoms with Crippen molar-refractivity contribution in [1.82, 2.24) is 19.3 Å². The Balaban J connectivity index is 1.35. The molecule has 0 radical (unpaired) electrons. The molecule has 0 amide bonds. The maximum Gasteiger partial charge on any atom is 0.137 e. The number of benzene rings is 3. The molecule has 0 spiro atoms. The van der Waals surface area contributed by atoms with Gasteiger partial charge in [-0.15, -0.1) is 0 Å². The Kier molecular flexibility index (Phi) is 9.67. The standard InChI is InChI=1S/C47H56N4O/c1-29(2)22-34-20-21-48-44(24-34)50-41-17-12-11-16-39(41)40-19-18-37(28-42(40)50)52-38-26-35(47(8,9)10)25-36(27-38)51-43(23-30(3)4)46(33(7)49-51)45-31(5)14-13-15-32(45)6/h11-12,14,16-21,24-30,32,45H,13,15,22-23H2,1-10H3/t32-,45?/m0/s1. The van der Waals surface area contributed by atoms with Gasteiger partial charge >= 0.3 is 0 Å². The first-order chi connectivity index (χ1) is 24.8. The molecule has 0 aliphatic heterocycles. The van der Waals surface area contributed by atoms with Crippen LogP contribution >= 0.6 is 0 Å². The Bertz CT molecular complexity index is 2270. The van der Waals surface area contributed by atoms with Crippen molar-refractivity contribution in [3.63, 3.8) is 0 Å². The molecule has 3 heterocycles. The maximum atomic E-state index is 6.87. The fraction of sp³-hybridized carbons (Fsp3) is 0.404. The topological polar surface area (TPSA) is 44.9 Å². The van der Waals surface area contributed by atoms with Crippen LogP contribution in [-0.2, 0) is 18.3 Å². The van der Waals surface area contributed by atoms with E-state index in [1.54, 1.807) is 0 Å². The molecule has 0 fully saturated rings. The zero-order chi connectivity index (χ0) is 36.9. The molecular formula is C47H56N4O. The van der Waals surface area contributed by atoms with Crippen LogP contribution in [0.5, 0.6) is 11.5 Å². The molecule has 0 saturated carbocycles. The number of aromatic nitrogens is 4. The highest BCUT2D eigenvalue weighted by atomic mass is 16.5. The highest BCUT2D eigenvalue weighted by Gasteiger charge is 2.31. The van der Waals surface area contributed by atoms with E-state index in [0.717, 1.165) is 59.0 Å². The molecule has 3 aromatic carbocycles. The first kappa shape index (κ1) is 35.7. The number of pyridine rings is 1. The third-order valence-corrected chi connectivity index (χ3v) is 10.8. The number of para-hydroxylation sites is 1. The van der Waals surface area contributed by atoms with E-state index in [4.69, 9.17) is 14.8 Å². The van der Waals surface area contributed by atoms with Gasteiger partial charge in [0.05, 0.1) is 22.4 Å². The van der Waals surface area contributed by atoms with Crippen molar-refractivity contribution in [2.24, 2.45) is 17.8 Å². The molecule has 52 heavy (non-hydrogen) atoms. The number of hydrogen-bond donors (Lipinski definition) is 0. The molecular weight excluding hydrogens is 637 g/mol. The number of ether oxygens (including phenoxy) is 1. The van der Waals surface area contributed by atoms with Crippen LogP contribution < -0.4 is 4.74 Å². The van der Waals surface area contributed by atoms with Crippen molar-refractivity contribution in [3.05, 3.63) is 119 Å². The number of fused-ring (bicyclic) bond motifs is 3. The van der Waals surface area contributed by atoms with Crippen LogP contribution in [0, 0.1) is 24.7 Å². The first-order valence-corrected chi connectivity index (χ1v) is 19.4. The monoisotopic (exact) mass is 692 g/mol. The van der Waals surface area contributed by atoms with E-state index < -0.39 is 0 Å². The van der Waals surface area contributed by atoms with E-state index in [1.807, 2.05) is 6.20 Å². The van der Waals surface area contributed by atoms with Gasteiger partial charge in [0.15, 0.2) is 0 Å². The van der Waals surface area contributed by atoms with Gasteiger partial charge in [-0.1, -0.05) is 85.2 Å². The Morgan fingerprint density at radius 2 is 1.58 bits per heavy atom. The van der Waals surface area contributed by atoms with E-state index in [2.05, 4.69) is 157 Å². The van der Waals surface area contributed by atoms with Crippen molar-refractivity contribution < 1.29 is 4.74 Å². The molecule has 6 aromatic rings. The van der Waals surface area contributed by atoms with E-state index in [0.29, 0.717) is 23.7 Å². The minimum absolute atomic E-state index is 0.0857. The summed E-state index contributed by atoms with van der Waals surface area (Å²) in [6.07, 6.45) is 8.75. The van der Waals surface area contributed by atoms with Crippen LogP contribution in [0.3, 0.4) is 0 Å². The Labute approximate surface area is 310 Å². The quantitative estimate of drug-likeness (QED) is 0.142. The maximum absolute atomic E-state index is 6.87. The van der Waals surface area contributed by atoms with Gasteiger partial charge in [0.1, 0.15) is 17.3 Å². The molecule has 5 nitrogen and oxygen atoms in total. The van der Waals surface area contributed by atoms with Crippen LogP contribution in [0.1, 0.15) is 109 Å². The number of hydrogen-bond acceptors (Lipinski definition) is 3. The Hall–Kier alpha value is -4.64. The fourth-order valence-electron chi connectivity index (χ4n) is 8.39. The zero-order valence-electron chi connectivity index (χ0n) is 32.9. The normalized spacial score (nSPS) is 16.7. The number of allylic oxidation sites excluding steroid dienone is 2. The van der Waals surface area contributed by atoms with Crippen LogP contribution in [0.2, 0.25) is 0 Å². The SMILES string of the molecule is CC1=CCC[C@H](C)C1c1c(C)nn(-c2cc(Oc3ccc4c5ccccc5n(-c5cc(CC(C)C)ccn5)c4c3)cc(C(C)(C)C)c2)c1CC(C)C. The highest BCUT2D eigenvalue weighted by molar-refractivity contribution is 6.09. The Morgan fingerprint density at radius 3 is 2.31 bits per heavy atom. The summed E-state index contributed by atoms with van der Waals surface area (Å²) < 4.78 is 11.4. The second-order valence-electron chi connectivity index (χ2n) is 17.2. The van der Waals surface area contributed by atoms with Crippen LogP contribution in [-0.4, -0.2) is 19.3 Å². The third kappa shape index (κ3) is 6.95. The molecule has 0 saturated heterocycles. The first-order valence-electron chi connectivity index (χ1n) is 19.4. The summed E-state index contributed by atoms with van der Waals surface area (Å²) in [4.78, 5) is 4.88. The van der Waals surface area contributed by atoms with E-state index in [-0.39, 0.29) is 5.41 Å². The zero-order valence-corrected chi connectivity index (χ0v) is 32.9. The van der Waals surface area contributed by atoms with E-state index >= 15 is 0 Å². The lowest BCUT2D eigenvalue weighted by atomic mass is 9.74. The molecule has 0 N–H and O–H groups in total. The predicted molar refractivity (Wildman–Crippen MR) is 218 cm³/mol. The molecule has 1 aliphatic carbocycles. The summed E-state index contributed by atoms with van der Waals surface area (Å²) in [7, 11) is 0. The minimum Gasteiger partial charge on any atom is -0.457 e. The van der Waals surface area contributed by atoms with Crippen molar-refractivity contribution >= 4 is 21.8 Å². The van der Waals surface area contributed by atoms with Crippen LogP contribution in [0.25, 0.3) is 33.3 Å². The molecule has 2 atom stereocenters. The largest absolute Gasteiger partial charge is 0.457 e. The van der Waals surface area contributed by atoms with Crippen molar-refractivity contribution in [2.45, 2.75) is 106 Å². The predicted octanol–water partition coefficient (Wildman–Crippen LogP) is 12.6. The summed E-state index contributed by atoms with van der Waals surface area (Å²) in [6, 6.07) is 26.1. The average Bonchev–Trinajstić information content (AvgIpc) is 3.57. The third-order valence-electron chi connectivity index (χ3n) is 10.8. The lowest BCUT2D eigenvalue weighted by Gasteiger charge is -2.30. The molecule has 7 rings (SSSR count). The minimum atomic E-state index is -0.0857. The summed E-state index contributed by atoms with van der Waals surface area (Å²) >= 11 is 0. The molecule has 270 valence electrons. The summed E-state index contributed by atoms with van der Waals surface area (Å²) in [6.45, 7) is 22.9. The van der Waals surface area contributed by atoms with Crippen LogP contribution in [0.15, 0.2) is 90.6 Å². The molecule has 1 unspecified atom stereocenters. The second-order valence-corrected chi connectivity index (χ2v) is 17.2. The van der Waals surface area contributed by atoms with Gasteiger partial charge in [0, 0.05) is 46.3 Å². The smallest absolute Gasteiger partial charge is 0.137 e. The van der Waals surface area contributed by atoms with Crippen molar-refractivity contribution in [2.75, 3.05) is 0 Å². The van der Waals surface area contributed by atoms with Gasteiger partial charge in [-0.3, -0.25) is 4.57 Å². The highest BCUT2D eigenvalue weighted by Crippen LogP contribution is 2.43. The summed E-state index contributed by atoms with van der Waals surface area (Å²) in [5.74, 6) is 4.59. The summed E-state index contributed by atoms with van der Waals surface area (Å²) in [5, 5.41) is 7.70. The molecule has 0 bridgehead atoms. The lowest BCUT2D eigenvalue weighted by Crippen LogP contribution is -2.18. The van der Waals surface area contributed by atoms with Crippen molar-refractivity contribution in [1.29, 1.82) is 0 Å². The van der Waals surface area contributed by atoms with Gasteiger partial charge in [-0.2, -0.15) is 5.10 Å². The number of aryl methyl sites for hydroxylation is 1. The fourth-order valence-corrected chi connectivity index (χ4v) is 8.39. The van der Waals surface area contributed by atoms with Gasteiger partial charge in [-0.05, 0) is 116 Å². The van der Waals surface area contributed by atoms with Crippen LogP contribution in [0.4, 0.5) is 0 Å². The van der Waals surface area contributed by atoms with Gasteiger partial charge in [0.25, 0.3) is 0 Å². The molecule has 5 heteroatoms. The van der Waals surface area contributed by atoms with E-state index in [9.17, 15) is 0 Å². The summed E-state index contributed by atoms with van der Waals surface area (Å²) in [5.41, 5.74) is 11.1. The van der Waals surface area contributed by atoms with Crippen molar-refractivity contribution in [3.8, 4) is 23.0 Å². The Morgan fingerprint density at radius 1 is 0.827 bits per heavy atom. The van der Waals surface area contributed by atoms with Gasteiger partial charge in [0.2, 0.25) is 0 Å². The average molecular weight is 693 g/mol. The number of rotatable bonds is 9. The van der Waals surface area contributed by atoms with E-state index in [1.165, 1.54) is 45.2 Å². The second kappa shape index (κ2) is 14.1. The molecule has 1 aliphatic rings. The van der Waals surface area contributed by atoms with Gasteiger partial charge in [-0.25, -0.2) is 9.67 Å². The molecule has 3 aromatic heterocycles. The lowest BCUT2D eigenvalue weighted by molar-refractivity contribution is 0.444. The number of nitrogens with zero attached hydrogens (tertiary/aromatic N) is 4. The van der Waals surface area contributed by atoms with Gasteiger partial charge < -0.3 is 4.74 Å².